The molecule has 2 unspecified atom stereocenters. The number of fused-ring (bicyclic) bond motifs is 2. The molecule has 0 saturated carbocycles. The van der Waals surface area contributed by atoms with Crippen molar-refractivity contribution >= 4 is 44.9 Å². The number of nitrogens with one attached hydrogen (secondary N) is 1. The molecule has 6 rings (SSSR count). The number of hydrogen-bond donors (Lipinski definition) is 1. The van der Waals surface area contributed by atoms with E-state index < -0.39 is 44.8 Å². The summed E-state index contributed by atoms with van der Waals surface area (Å²) in [6, 6.07) is 1.96. The summed E-state index contributed by atoms with van der Waals surface area (Å²) in [6.45, 7) is 8.99. The number of allylic oxidation sites excluding steroid dienone is 1. The molecule has 2 aromatic heterocycles. The van der Waals surface area contributed by atoms with Gasteiger partial charge in [-0.1, -0.05) is 32.4 Å². The Hall–Kier alpha value is -4.19. The van der Waals surface area contributed by atoms with Crippen molar-refractivity contribution < 1.29 is 38.5 Å². The topological polar surface area (TPSA) is 123 Å². The molecule has 0 radical (unpaired) electrons. The molecular formula is C31H38F5N7O5S. The maximum absolute atomic E-state index is 14.1. The van der Waals surface area contributed by atoms with Crippen LogP contribution in [0.5, 0.6) is 0 Å². The van der Waals surface area contributed by atoms with Crippen LogP contribution >= 0.6 is 10.2 Å². The van der Waals surface area contributed by atoms with E-state index in [0.717, 1.165) is 22.2 Å². The molecule has 268 valence electrons. The number of carbonyl (C=O) groups excluding carboxylic acids is 2. The first-order valence-corrected chi connectivity index (χ1v) is 17.8. The van der Waals surface area contributed by atoms with E-state index in [9.17, 15) is 33.8 Å². The first-order valence-electron chi connectivity index (χ1n) is 15.9. The van der Waals surface area contributed by atoms with Gasteiger partial charge in [-0.2, -0.15) is 9.50 Å². The van der Waals surface area contributed by atoms with Gasteiger partial charge in [-0.05, 0) is 69.4 Å². The Balaban J connectivity index is 1.34. The van der Waals surface area contributed by atoms with Crippen LogP contribution in [0, 0.1) is 11.8 Å². The highest BCUT2D eigenvalue weighted by molar-refractivity contribution is 8.45. The molecule has 2 atom stereocenters. The number of aromatic nitrogens is 4. The lowest BCUT2D eigenvalue weighted by Gasteiger charge is -2.40. The number of ether oxygens (including phenoxy) is 2. The number of nitrogens with zero attached hydrogens (tertiary/aromatic N) is 6. The Morgan fingerprint density at radius 1 is 1.04 bits per heavy atom. The van der Waals surface area contributed by atoms with E-state index >= 15 is 0 Å². The second-order valence-corrected chi connectivity index (χ2v) is 16.0. The first kappa shape index (κ1) is 34.7. The van der Waals surface area contributed by atoms with Gasteiger partial charge in [0.05, 0.1) is 18.9 Å². The maximum atomic E-state index is 14.1. The lowest BCUT2D eigenvalue weighted by atomic mass is 10.00. The van der Waals surface area contributed by atoms with Gasteiger partial charge in [-0.15, -0.1) is 5.10 Å². The van der Waals surface area contributed by atoms with Crippen molar-refractivity contribution in [2.75, 3.05) is 49.6 Å². The van der Waals surface area contributed by atoms with Gasteiger partial charge in [0.2, 0.25) is 11.7 Å². The number of piperazine rings is 1. The zero-order valence-corrected chi connectivity index (χ0v) is 28.2. The quantitative estimate of drug-likeness (QED) is 0.302. The SMILES string of the molecule is CCc1c(N2CCN(C(=O)OC(C)(C)C)CC2)c(=O)n2nc(C3=CC4COCC4C3)nc2n1CC(=O)Nc1ccc(S(F)(F)(F)(F)F)cc1. The minimum Gasteiger partial charge on any atom is -0.444 e. The zero-order chi connectivity index (χ0) is 35.6. The summed E-state index contributed by atoms with van der Waals surface area (Å²) in [4.78, 5) is 46.2. The van der Waals surface area contributed by atoms with Gasteiger partial charge in [0, 0.05) is 37.8 Å². The Morgan fingerprint density at radius 2 is 1.71 bits per heavy atom. The summed E-state index contributed by atoms with van der Waals surface area (Å²) in [5.41, 5.74) is 0.319. The highest BCUT2D eigenvalue weighted by Crippen LogP contribution is 3.02. The van der Waals surface area contributed by atoms with Crippen LogP contribution in [-0.2, 0) is 27.2 Å². The van der Waals surface area contributed by atoms with Crippen LogP contribution < -0.4 is 15.8 Å². The van der Waals surface area contributed by atoms with Gasteiger partial charge in [0.15, 0.2) is 5.82 Å². The number of benzene rings is 1. The fourth-order valence-corrected chi connectivity index (χ4v) is 7.08. The summed E-state index contributed by atoms with van der Waals surface area (Å²) in [6.07, 6.45) is 2.51. The standard InChI is InChI=1S/C31H38F5N7O5S/c1-5-24-26(40-10-12-41(13-11-40)30(46)48-31(2,3)4)28(45)43-29(38-27(39-43)19-14-20-17-47-18-21(20)15-19)42(24)16-25(44)37-22-6-8-23(9-7-22)49(32,33,34,35)36/h6-9,14,20-21H,5,10-13,15-18H2,1-4H3,(H,37,44). The number of halogens is 5. The summed E-state index contributed by atoms with van der Waals surface area (Å²) >= 11 is 0. The molecular weight excluding hydrogens is 677 g/mol. The van der Waals surface area contributed by atoms with Crippen molar-refractivity contribution in [3.8, 4) is 0 Å². The number of hydrogen-bond acceptors (Lipinski definition) is 8. The van der Waals surface area contributed by atoms with Crippen LogP contribution in [0.1, 0.15) is 45.6 Å². The maximum Gasteiger partial charge on any atom is 0.410 e. The van der Waals surface area contributed by atoms with E-state index in [0.29, 0.717) is 31.2 Å². The molecule has 1 aromatic carbocycles. The van der Waals surface area contributed by atoms with E-state index in [-0.39, 0.29) is 73.7 Å². The molecule has 2 aliphatic heterocycles. The summed E-state index contributed by atoms with van der Waals surface area (Å²) in [5.74, 6) is 0.215. The Bertz CT molecular complexity index is 1900. The van der Waals surface area contributed by atoms with Gasteiger partial charge < -0.3 is 29.2 Å². The van der Waals surface area contributed by atoms with Crippen LogP contribution in [0.2, 0.25) is 0 Å². The minimum atomic E-state index is -9.89. The predicted octanol–water partition coefficient (Wildman–Crippen LogP) is 5.86. The molecule has 12 nitrogen and oxygen atoms in total. The molecule has 4 heterocycles. The molecule has 3 aliphatic rings. The molecule has 0 spiro atoms. The molecule has 3 aromatic rings. The molecule has 2 amide bonds. The van der Waals surface area contributed by atoms with E-state index in [2.05, 4.69) is 10.4 Å². The highest BCUT2D eigenvalue weighted by atomic mass is 32.5. The van der Waals surface area contributed by atoms with Gasteiger partial charge in [0.1, 0.15) is 22.7 Å². The normalized spacial score (nSPS) is 21.3. The van der Waals surface area contributed by atoms with Gasteiger partial charge in [-0.3, -0.25) is 9.59 Å². The lowest BCUT2D eigenvalue weighted by molar-refractivity contribution is -0.116. The monoisotopic (exact) mass is 715 g/mol. The zero-order valence-electron chi connectivity index (χ0n) is 27.4. The summed E-state index contributed by atoms with van der Waals surface area (Å²) in [7, 11) is -9.89. The van der Waals surface area contributed by atoms with Crippen LogP contribution in [0.25, 0.3) is 11.4 Å². The minimum absolute atomic E-state index is 0.0913. The summed E-state index contributed by atoms with van der Waals surface area (Å²) in [5, 5.41) is 7.04. The largest absolute Gasteiger partial charge is 0.444 e. The third-order valence-corrected chi connectivity index (χ3v) is 9.89. The molecule has 1 N–H and O–H groups in total. The Labute approximate surface area is 278 Å². The van der Waals surface area contributed by atoms with Crippen molar-refractivity contribution in [1.29, 1.82) is 0 Å². The van der Waals surface area contributed by atoms with Crippen molar-refractivity contribution in [2.45, 2.75) is 57.6 Å². The Morgan fingerprint density at radius 3 is 2.31 bits per heavy atom. The van der Waals surface area contributed by atoms with Crippen molar-refractivity contribution in [3.05, 3.63) is 52.2 Å². The van der Waals surface area contributed by atoms with E-state index in [1.54, 1.807) is 32.6 Å². The third-order valence-electron chi connectivity index (χ3n) is 8.73. The van der Waals surface area contributed by atoms with Crippen LogP contribution in [0.15, 0.2) is 40.0 Å². The molecule has 1 aliphatic carbocycles. The number of carbonyl (C=O) groups is 2. The number of rotatable bonds is 7. The molecule has 2 fully saturated rings. The molecule has 0 bridgehead atoms. The van der Waals surface area contributed by atoms with Crippen LogP contribution in [0.4, 0.5) is 35.6 Å². The highest BCUT2D eigenvalue weighted by Gasteiger charge is 2.65. The average Bonchev–Trinajstić information content (AvgIpc) is 3.72. The average molecular weight is 716 g/mol. The molecule has 18 heteroatoms. The van der Waals surface area contributed by atoms with Gasteiger partial charge in [-0.25, -0.2) is 4.79 Å². The van der Waals surface area contributed by atoms with Crippen molar-refractivity contribution in [2.24, 2.45) is 11.8 Å². The van der Waals surface area contributed by atoms with Gasteiger partial charge >= 0.3 is 16.3 Å². The van der Waals surface area contributed by atoms with Gasteiger partial charge in [0.25, 0.3) is 5.56 Å². The second kappa shape index (κ2) is 11.4. The van der Waals surface area contributed by atoms with Crippen molar-refractivity contribution in [1.82, 2.24) is 24.1 Å². The van der Waals surface area contributed by atoms with E-state index in [1.165, 1.54) is 4.57 Å². The summed E-state index contributed by atoms with van der Waals surface area (Å²) < 4.78 is 79.8. The fourth-order valence-electron chi connectivity index (χ4n) is 6.43. The van der Waals surface area contributed by atoms with Crippen LogP contribution in [0.3, 0.4) is 0 Å². The van der Waals surface area contributed by atoms with Crippen LogP contribution in [-0.4, -0.2) is 81.1 Å². The van der Waals surface area contributed by atoms with E-state index in [4.69, 9.17) is 14.5 Å². The Kier molecular flexibility index (Phi) is 8.09. The van der Waals surface area contributed by atoms with Crippen molar-refractivity contribution in [3.63, 3.8) is 0 Å². The first-order chi connectivity index (χ1) is 22.7. The fraction of sp³-hybridized carbons (Fsp3) is 0.516. The molecule has 2 saturated heterocycles. The lowest BCUT2D eigenvalue weighted by Crippen LogP contribution is -2.51. The predicted molar refractivity (Wildman–Crippen MR) is 174 cm³/mol. The second-order valence-electron chi connectivity index (χ2n) is 13.5. The third kappa shape index (κ3) is 7.25. The van der Waals surface area contributed by atoms with E-state index in [1.807, 2.05) is 11.0 Å². The number of anilines is 2. The number of amides is 2. The molecule has 49 heavy (non-hydrogen) atoms. The smallest absolute Gasteiger partial charge is 0.410 e.